The van der Waals surface area contributed by atoms with Crippen molar-refractivity contribution < 1.29 is 4.74 Å². The van der Waals surface area contributed by atoms with Crippen molar-refractivity contribution in [3.63, 3.8) is 0 Å². The number of hydrogen-bond donors (Lipinski definition) is 0. The molecule has 1 aromatic rings. The maximum absolute atomic E-state index is 5.47. The summed E-state index contributed by atoms with van der Waals surface area (Å²) in [6.07, 6.45) is 3.31. The smallest absolute Gasteiger partial charge is 0.0645 e. The summed E-state index contributed by atoms with van der Waals surface area (Å²) in [5.41, 5.74) is 4.14. The highest BCUT2D eigenvalue weighted by Gasteiger charge is 2.03. The first kappa shape index (κ1) is 11.3. The molecule has 0 N–H and O–H groups in total. The third-order valence-corrected chi connectivity index (χ3v) is 2.74. The van der Waals surface area contributed by atoms with Crippen molar-refractivity contribution in [3.8, 4) is 0 Å². The molecular weight excluding hydrogens is 174 g/mol. The molecule has 0 fully saturated rings. The molecule has 0 aliphatic heterocycles. The minimum absolute atomic E-state index is 0.822. The molecule has 0 unspecified atom stereocenters. The maximum atomic E-state index is 5.47. The van der Waals surface area contributed by atoms with Crippen LogP contribution in [0.25, 0.3) is 0 Å². The lowest BCUT2D eigenvalue weighted by atomic mass is 10.2. The first-order valence-electron chi connectivity index (χ1n) is 5.37. The Balaban J connectivity index is 2.47. The van der Waals surface area contributed by atoms with E-state index in [-0.39, 0.29) is 0 Å². The van der Waals surface area contributed by atoms with Crippen molar-refractivity contribution in [2.24, 2.45) is 0 Å². The molecule has 0 aliphatic rings. The average molecular weight is 195 g/mol. The molecule has 2 nitrogen and oxygen atoms in total. The van der Waals surface area contributed by atoms with Crippen LogP contribution in [0.2, 0.25) is 0 Å². The highest BCUT2D eigenvalue weighted by Crippen LogP contribution is 2.14. The largest absolute Gasteiger partial charge is 0.380 e. The van der Waals surface area contributed by atoms with Gasteiger partial charge in [0.05, 0.1) is 6.61 Å². The van der Waals surface area contributed by atoms with Gasteiger partial charge in [-0.2, -0.15) is 0 Å². The molecule has 0 radical (unpaired) electrons. The van der Waals surface area contributed by atoms with E-state index in [2.05, 4.69) is 38.5 Å². The van der Waals surface area contributed by atoms with E-state index in [4.69, 9.17) is 4.74 Å². The van der Waals surface area contributed by atoms with E-state index >= 15 is 0 Å². The highest BCUT2D eigenvalue weighted by atomic mass is 16.5. The van der Waals surface area contributed by atoms with E-state index < -0.39 is 0 Å². The van der Waals surface area contributed by atoms with Gasteiger partial charge in [-0.05, 0) is 38.3 Å². The summed E-state index contributed by atoms with van der Waals surface area (Å²) in [6, 6.07) is 0. The Bertz CT molecular complexity index is 289. The molecule has 0 aliphatic carbocycles. The van der Waals surface area contributed by atoms with Gasteiger partial charge in [0.1, 0.15) is 0 Å². The molecule has 0 saturated carbocycles. The number of nitrogens with zero attached hydrogens (tertiary/aromatic N) is 1. The van der Waals surface area contributed by atoms with Gasteiger partial charge < -0.3 is 9.30 Å². The summed E-state index contributed by atoms with van der Waals surface area (Å²) in [5, 5.41) is 0. The molecule has 14 heavy (non-hydrogen) atoms. The van der Waals surface area contributed by atoms with Crippen LogP contribution in [0, 0.1) is 20.8 Å². The first-order chi connectivity index (χ1) is 6.66. The van der Waals surface area contributed by atoms with E-state index in [1.165, 1.54) is 16.8 Å². The molecule has 0 atom stereocenters. The molecule has 0 saturated heterocycles. The standard InChI is InChI=1S/C12H21NO/c1-5-7-14-8-6-13-9-10(2)11(3)12(13)4/h9H,5-8H2,1-4H3. The van der Waals surface area contributed by atoms with Crippen molar-refractivity contribution in [3.05, 3.63) is 23.0 Å². The van der Waals surface area contributed by atoms with Crippen molar-refractivity contribution in [2.75, 3.05) is 13.2 Å². The molecular formula is C12H21NO. The van der Waals surface area contributed by atoms with Crippen LogP contribution in [-0.4, -0.2) is 17.8 Å². The Labute approximate surface area is 86.9 Å². The minimum Gasteiger partial charge on any atom is -0.380 e. The topological polar surface area (TPSA) is 14.2 Å². The Kier molecular flexibility index (Phi) is 4.21. The van der Waals surface area contributed by atoms with Gasteiger partial charge in [-0.3, -0.25) is 0 Å². The van der Waals surface area contributed by atoms with Crippen molar-refractivity contribution in [2.45, 2.75) is 40.7 Å². The van der Waals surface area contributed by atoms with E-state index in [1.807, 2.05) is 0 Å². The lowest BCUT2D eigenvalue weighted by Gasteiger charge is -2.06. The lowest BCUT2D eigenvalue weighted by Crippen LogP contribution is -2.07. The SMILES string of the molecule is CCCOCCn1cc(C)c(C)c1C. The van der Waals surface area contributed by atoms with Gasteiger partial charge in [0.15, 0.2) is 0 Å². The van der Waals surface area contributed by atoms with Crippen LogP contribution in [0.5, 0.6) is 0 Å². The fraction of sp³-hybridized carbons (Fsp3) is 0.667. The first-order valence-corrected chi connectivity index (χ1v) is 5.37. The number of rotatable bonds is 5. The van der Waals surface area contributed by atoms with E-state index in [0.717, 1.165) is 26.2 Å². The van der Waals surface area contributed by atoms with Crippen molar-refractivity contribution in [1.82, 2.24) is 4.57 Å². The zero-order valence-electron chi connectivity index (χ0n) is 9.76. The quantitative estimate of drug-likeness (QED) is 0.659. The van der Waals surface area contributed by atoms with E-state index in [9.17, 15) is 0 Å². The number of hydrogen-bond acceptors (Lipinski definition) is 1. The molecule has 1 rings (SSSR count). The highest BCUT2D eigenvalue weighted by molar-refractivity contribution is 5.28. The van der Waals surface area contributed by atoms with Crippen LogP contribution >= 0.6 is 0 Å². The summed E-state index contributed by atoms with van der Waals surface area (Å²) >= 11 is 0. The monoisotopic (exact) mass is 195 g/mol. The zero-order valence-corrected chi connectivity index (χ0v) is 9.76. The van der Waals surface area contributed by atoms with E-state index in [1.54, 1.807) is 0 Å². The summed E-state index contributed by atoms with van der Waals surface area (Å²) < 4.78 is 7.75. The summed E-state index contributed by atoms with van der Waals surface area (Å²) in [5.74, 6) is 0. The zero-order chi connectivity index (χ0) is 10.6. The fourth-order valence-corrected chi connectivity index (χ4v) is 1.57. The van der Waals surface area contributed by atoms with Crippen molar-refractivity contribution >= 4 is 0 Å². The van der Waals surface area contributed by atoms with Gasteiger partial charge >= 0.3 is 0 Å². The van der Waals surface area contributed by atoms with Gasteiger partial charge in [-0.25, -0.2) is 0 Å². The summed E-state index contributed by atoms with van der Waals surface area (Å²) in [7, 11) is 0. The van der Waals surface area contributed by atoms with Gasteiger partial charge in [0.2, 0.25) is 0 Å². The van der Waals surface area contributed by atoms with Crippen LogP contribution in [0.4, 0.5) is 0 Å². The number of aromatic nitrogens is 1. The fourth-order valence-electron chi connectivity index (χ4n) is 1.57. The summed E-state index contributed by atoms with van der Waals surface area (Å²) in [6.45, 7) is 11.3. The maximum Gasteiger partial charge on any atom is 0.0645 e. The molecule has 1 aromatic heterocycles. The normalized spacial score (nSPS) is 10.9. The van der Waals surface area contributed by atoms with Crippen LogP contribution in [0.15, 0.2) is 6.20 Å². The Morgan fingerprint density at radius 1 is 1.21 bits per heavy atom. The Hall–Kier alpha value is -0.760. The second-order valence-electron chi connectivity index (χ2n) is 3.83. The van der Waals surface area contributed by atoms with Crippen LogP contribution in [-0.2, 0) is 11.3 Å². The third-order valence-electron chi connectivity index (χ3n) is 2.74. The van der Waals surface area contributed by atoms with Gasteiger partial charge in [0, 0.05) is 25.0 Å². The van der Waals surface area contributed by atoms with Crippen molar-refractivity contribution in [1.29, 1.82) is 0 Å². The predicted octanol–water partition coefficient (Wildman–Crippen LogP) is 2.84. The average Bonchev–Trinajstić information content (AvgIpc) is 2.41. The molecule has 1 heterocycles. The Morgan fingerprint density at radius 3 is 2.43 bits per heavy atom. The molecule has 80 valence electrons. The van der Waals surface area contributed by atoms with Gasteiger partial charge in [-0.15, -0.1) is 0 Å². The minimum atomic E-state index is 0.822. The van der Waals surface area contributed by atoms with Crippen LogP contribution < -0.4 is 0 Å². The Morgan fingerprint density at radius 2 is 1.93 bits per heavy atom. The molecule has 2 heteroatoms. The molecule has 0 aromatic carbocycles. The van der Waals surface area contributed by atoms with E-state index in [0.29, 0.717) is 0 Å². The molecule has 0 spiro atoms. The number of ether oxygens (including phenoxy) is 1. The molecule has 0 bridgehead atoms. The van der Waals surface area contributed by atoms with Crippen LogP contribution in [0.1, 0.15) is 30.2 Å². The second kappa shape index (κ2) is 5.20. The predicted molar refractivity (Wildman–Crippen MR) is 59.8 cm³/mol. The second-order valence-corrected chi connectivity index (χ2v) is 3.83. The number of aryl methyl sites for hydroxylation is 1. The van der Waals surface area contributed by atoms with Crippen LogP contribution in [0.3, 0.4) is 0 Å². The van der Waals surface area contributed by atoms with Gasteiger partial charge in [-0.1, -0.05) is 6.92 Å². The summed E-state index contributed by atoms with van der Waals surface area (Å²) in [4.78, 5) is 0. The lowest BCUT2D eigenvalue weighted by molar-refractivity contribution is 0.126. The third kappa shape index (κ3) is 2.61. The van der Waals surface area contributed by atoms with Gasteiger partial charge in [0.25, 0.3) is 0 Å². The molecule has 0 amide bonds.